The molecule has 3 nitrogen and oxygen atoms in total. The minimum absolute atomic E-state index is 0.129. The van der Waals surface area contributed by atoms with Crippen LogP contribution in [0.5, 0.6) is 0 Å². The molecule has 0 atom stereocenters. The van der Waals surface area contributed by atoms with E-state index >= 15 is 0 Å². The highest BCUT2D eigenvalue weighted by Gasteiger charge is 2.41. The molecule has 0 saturated heterocycles. The van der Waals surface area contributed by atoms with Gasteiger partial charge in [0, 0.05) is 0 Å². The van der Waals surface area contributed by atoms with Gasteiger partial charge < -0.3 is 10.5 Å². The molecule has 1 aliphatic heterocycles. The van der Waals surface area contributed by atoms with E-state index in [9.17, 15) is 0 Å². The third-order valence-electron chi connectivity index (χ3n) is 2.12. The van der Waals surface area contributed by atoms with Crippen molar-refractivity contribution in [2.75, 3.05) is 6.61 Å². The van der Waals surface area contributed by atoms with Crippen molar-refractivity contribution in [1.29, 1.82) is 0 Å². The van der Waals surface area contributed by atoms with Crippen molar-refractivity contribution in [3.05, 3.63) is 0 Å². The third kappa shape index (κ3) is 0.605. The molecule has 9 heavy (non-hydrogen) atoms. The van der Waals surface area contributed by atoms with Crippen LogP contribution in [0.2, 0.25) is 0 Å². The molecule has 3 heteroatoms. The molecule has 1 heterocycles. The molecule has 50 valence electrons. The zero-order chi connectivity index (χ0) is 6.32. The molecule has 1 aliphatic carbocycles. The number of amidine groups is 1. The Morgan fingerprint density at radius 3 is 2.56 bits per heavy atom. The Morgan fingerprint density at radius 2 is 2.33 bits per heavy atom. The molecule has 0 bridgehead atoms. The molecule has 0 radical (unpaired) electrons. The van der Waals surface area contributed by atoms with Crippen molar-refractivity contribution in [1.82, 2.24) is 0 Å². The molecule has 2 rings (SSSR count). The highest BCUT2D eigenvalue weighted by atomic mass is 16.5. The number of hydrogen-bond acceptors (Lipinski definition) is 3. The van der Waals surface area contributed by atoms with Gasteiger partial charge in [-0.3, -0.25) is 0 Å². The molecule has 0 unspecified atom stereocenters. The molecular weight excluding hydrogens is 116 g/mol. The molecule has 0 aromatic carbocycles. The Balaban J connectivity index is 2.15. The summed E-state index contributed by atoms with van der Waals surface area (Å²) in [7, 11) is 0. The minimum Gasteiger partial charge on any atom is -0.463 e. The first-order valence-electron chi connectivity index (χ1n) is 3.29. The van der Waals surface area contributed by atoms with E-state index in [1.54, 1.807) is 0 Å². The number of nitrogens with zero attached hydrogens (tertiary/aromatic N) is 1. The van der Waals surface area contributed by atoms with Gasteiger partial charge in [-0.2, -0.15) is 0 Å². The van der Waals surface area contributed by atoms with Gasteiger partial charge in [0.2, 0.25) is 0 Å². The number of ether oxygens (including phenoxy) is 1. The monoisotopic (exact) mass is 126 g/mol. The zero-order valence-corrected chi connectivity index (χ0v) is 5.26. The van der Waals surface area contributed by atoms with Gasteiger partial charge in [0.15, 0.2) is 0 Å². The van der Waals surface area contributed by atoms with E-state index in [1.807, 2.05) is 0 Å². The van der Waals surface area contributed by atoms with Gasteiger partial charge in [-0.05, 0) is 19.3 Å². The van der Waals surface area contributed by atoms with Crippen molar-refractivity contribution in [3.8, 4) is 0 Å². The largest absolute Gasteiger partial charge is 0.463 e. The molecule has 2 N–H and O–H groups in total. The Hall–Kier alpha value is -0.730. The summed E-state index contributed by atoms with van der Waals surface area (Å²) in [6.07, 6.45) is 3.60. The van der Waals surface area contributed by atoms with E-state index in [-0.39, 0.29) is 5.54 Å². The molecule has 0 aromatic rings. The van der Waals surface area contributed by atoms with Gasteiger partial charge >= 0.3 is 0 Å². The van der Waals surface area contributed by atoms with Gasteiger partial charge in [0.05, 0.1) is 0 Å². The molecule has 0 amide bonds. The predicted molar refractivity (Wildman–Crippen MR) is 34.2 cm³/mol. The topological polar surface area (TPSA) is 47.6 Å². The first-order chi connectivity index (χ1) is 4.31. The summed E-state index contributed by atoms with van der Waals surface area (Å²) in [5.74, 6) is 0. The van der Waals surface area contributed by atoms with Crippen LogP contribution in [0.15, 0.2) is 4.99 Å². The van der Waals surface area contributed by atoms with Crippen LogP contribution < -0.4 is 5.73 Å². The summed E-state index contributed by atoms with van der Waals surface area (Å²) in [5.41, 5.74) is 5.48. The fourth-order valence-corrected chi connectivity index (χ4v) is 1.35. The number of rotatable bonds is 0. The average molecular weight is 126 g/mol. The predicted octanol–water partition coefficient (Wildman–Crippen LogP) is 0.254. The van der Waals surface area contributed by atoms with Crippen molar-refractivity contribution in [3.63, 3.8) is 0 Å². The minimum atomic E-state index is 0.129. The number of nitrogens with two attached hydrogens (primary N) is 1. The molecular formula is C6H10N2O. The Kier molecular flexibility index (Phi) is 0.793. The number of aliphatic imine (C=N–C) groups is 1. The first kappa shape index (κ1) is 5.09. The van der Waals surface area contributed by atoms with Crippen LogP contribution >= 0.6 is 0 Å². The maximum Gasteiger partial charge on any atom is 0.282 e. The van der Waals surface area contributed by atoms with Crippen LogP contribution in [0.1, 0.15) is 19.3 Å². The van der Waals surface area contributed by atoms with Crippen LogP contribution in [0.3, 0.4) is 0 Å². The second-order valence-electron chi connectivity index (χ2n) is 2.82. The molecule has 2 aliphatic rings. The SMILES string of the molecule is NC1=NC2(CCC2)CO1. The van der Waals surface area contributed by atoms with E-state index in [4.69, 9.17) is 10.5 Å². The molecule has 1 saturated carbocycles. The second-order valence-corrected chi connectivity index (χ2v) is 2.82. The van der Waals surface area contributed by atoms with Gasteiger partial charge in [0.1, 0.15) is 12.1 Å². The van der Waals surface area contributed by atoms with Crippen LogP contribution in [-0.2, 0) is 4.74 Å². The highest BCUT2D eigenvalue weighted by molar-refractivity contribution is 5.73. The Bertz CT molecular complexity index is 160. The van der Waals surface area contributed by atoms with Gasteiger partial charge in [-0.15, -0.1) is 0 Å². The van der Waals surface area contributed by atoms with Crippen LogP contribution in [0.4, 0.5) is 0 Å². The first-order valence-corrected chi connectivity index (χ1v) is 3.29. The molecule has 1 fully saturated rings. The molecule has 1 spiro atoms. The Morgan fingerprint density at radius 1 is 1.56 bits per heavy atom. The standard InChI is InChI=1S/C6H10N2O/c7-5-8-6(4-9-5)2-1-3-6/h1-4H2,(H2,7,8). The Labute approximate surface area is 53.9 Å². The van der Waals surface area contributed by atoms with Gasteiger partial charge in [-0.1, -0.05) is 0 Å². The van der Waals surface area contributed by atoms with E-state index < -0.39 is 0 Å². The zero-order valence-electron chi connectivity index (χ0n) is 5.26. The van der Waals surface area contributed by atoms with Crippen molar-refractivity contribution >= 4 is 6.02 Å². The summed E-state index contributed by atoms with van der Waals surface area (Å²) < 4.78 is 5.04. The van der Waals surface area contributed by atoms with Crippen LogP contribution in [0.25, 0.3) is 0 Å². The fourth-order valence-electron chi connectivity index (χ4n) is 1.35. The van der Waals surface area contributed by atoms with E-state index in [1.165, 1.54) is 6.42 Å². The lowest BCUT2D eigenvalue weighted by Gasteiger charge is -2.32. The lowest BCUT2D eigenvalue weighted by Crippen LogP contribution is -2.36. The van der Waals surface area contributed by atoms with Crippen LogP contribution in [-0.4, -0.2) is 18.2 Å². The van der Waals surface area contributed by atoms with Crippen LogP contribution in [0, 0.1) is 0 Å². The average Bonchev–Trinajstić information content (AvgIpc) is 2.09. The summed E-state index contributed by atoms with van der Waals surface area (Å²) >= 11 is 0. The summed E-state index contributed by atoms with van der Waals surface area (Å²) in [6.45, 7) is 0.721. The second kappa shape index (κ2) is 1.40. The van der Waals surface area contributed by atoms with Gasteiger partial charge in [-0.25, -0.2) is 4.99 Å². The quantitative estimate of drug-likeness (QED) is 0.506. The van der Waals surface area contributed by atoms with Crippen molar-refractivity contribution in [2.45, 2.75) is 24.8 Å². The van der Waals surface area contributed by atoms with Crippen molar-refractivity contribution in [2.24, 2.45) is 10.7 Å². The highest BCUT2D eigenvalue weighted by Crippen LogP contribution is 2.38. The fraction of sp³-hybridized carbons (Fsp3) is 0.833. The normalized spacial score (nSPS) is 29.1. The maximum absolute atomic E-state index is 5.35. The summed E-state index contributed by atoms with van der Waals surface area (Å²) in [4.78, 5) is 4.20. The smallest absolute Gasteiger partial charge is 0.282 e. The van der Waals surface area contributed by atoms with E-state index in [0.717, 1.165) is 19.4 Å². The maximum atomic E-state index is 5.35. The van der Waals surface area contributed by atoms with E-state index in [2.05, 4.69) is 4.99 Å². The van der Waals surface area contributed by atoms with E-state index in [0.29, 0.717) is 6.02 Å². The summed E-state index contributed by atoms with van der Waals surface area (Å²) in [5, 5.41) is 0. The molecule has 0 aromatic heterocycles. The lowest BCUT2D eigenvalue weighted by molar-refractivity contribution is 0.174. The van der Waals surface area contributed by atoms with Gasteiger partial charge in [0.25, 0.3) is 6.02 Å². The third-order valence-corrected chi connectivity index (χ3v) is 2.12. The van der Waals surface area contributed by atoms with Crippen molar-refractivity contribution < 1.29 is 4.74 Å². The number of hydrogen-bond donors (Lipinski definition) is 1. The lowest BCUT2D eigenvalue weighted by atomic mass is 9.78. The summed E-state index contributed by atoms with van der Waals surface area (Å²) in [6, 6.07) is 0.384.